The Morgan fingerprint density at radius 3 is 2.71 bits per heavy atom. The Hall–Kier alpha value is -3.11. The van der Waals surface area contributed by atoms with Crippen LogP contribution in [0.4, 0.5) is 24.5 Å². The third-order valence-electron chi connectivity index (χ3n) is 3.11. The molecule has 1 aromatic heterocycles. The second-order valence-electron chi connectivity index (χ2n) is 4.64. The molecule has 11 heteroatoms. The van der Waals surface area contributed by atoms with Crippen molar-refractivity contribution in [2.75, 3.05) is 5.32 Å². The molecule has 0 aliphatic rings. The molecular formula is C13H11F3N4O4. The number of aromatic nitrogens is 2. The lowest BCUT2D eigenvalue weighted by Gasteiger charge is -2.11. The van der Waals surface area contributed by atoms with Crippen LogP contribution in [0.1, 0.15) is 16.2 Å². The molecule has 1 amide bonds. The number of ether oxygens (including phenoxy) is 1. The van der Waals surface area contributed by atoms with Crippen molar-refractivity contribution >= 4 is 17.3 Å². The van der Waals surface area contributed by atoms with Gasteiger partial charge in [-0.25, -0.2) is 4.39 Å². The van der Waals surface area contributed by atoms with Gasteiger partial charge in [-0.3, -0.25) is 19.6 Å². The minimum Gasteiger partial charge on any atom is -0.432 e. The first-order valence-electron chi connectivity index (χ1n) is 6.44. The first-order chi connectivity index (χ1) is 11.2. The van der Waals surface area contributed by atoms with E-state index in [1.807, 2.05) is 0 Å². The van der Waals surface area contributed by atoms with Crippen LogP contribution in [0.2, 0.25) is 0 Å². The summed E-state index contributed by atoms with van der Waals surface area (Å²) < 4.78 is 43.1. The van der Waals surface area contributed by atoms with Gasteiger partial charge in [-0.15, -0.1) is 0 Å². The molecule has 0 atom stereocenters. The van der Waals surface area contributed by atoms with Crippen LogP contribution in [0.15, 0.2) is 18.2 Å². The molecule has 1 aromatic carbocycles. The number of alkyl halides is 2. The van der Waals surface area contributed by atoms with Crippen LogP contribution in [-0.2, 0) is 7.05 Å². The van der Waals surface area contributed by atoms with Gasteiger partial charge in [0, 0.05) is 13.1 Å². The summed E-state index contributed by atoms with van der Waals surface area (Å²) >= 11 is 0. The highest BCUT2D eigenvalue weighted by atomic mass is 19.3. The Labute approximate surface area is 133 Å². The van der Waals surface area contributed by atoms with Crippen LogP contribution in [0, 0.1) is 22.9 Å². The lowest BCUT2D eigenvalue weighted by Crippen LogP contribution is -2.16. The highest BCUT2D eigenvalue weighted by molar-refractivity contribution is 6.06. The third-order valence-corrected chi connectivity index (χ3v) is 3.11. The maximum Gasteiger partial charge on any atom is 0.387 e. The van der Waals surface area contributed by atoms with E-state index in [4.69, 9.17) is 0 Å². The zero-order valence-corrected chi connectivity index (χ0v) is 12.4. The minimum atomic E-state index is -3.24. The molecule has 0 saturated carbocycles. The van der Waals surface area contributed by atoms with Crippen molar-refractivity contribution in [1.29, 1.82) is 0 Å². The normalized spacial score (nSPS) is 10.8. The summed E-state index contributed by atoms with van der Waals surface area (Å²) in [5.74, 6) is -2.49. The van der Waals surface area contributed by atoms with Crippen molar-refractivity contribution in [1.82, 2.24) is 9.78 Å². The first kappa shape index (κ1) is 17.2. The van der Waals surface area contributed by atoms with Gasteiger partial charge >= 0.3 is 12.3 Å². The van der Waals surface area contributed by atoms with E-state index in [9.17, 15) is 28.1 Å². The molecule has 0 fully saturated rings. The van der Waals surface area contributed by atoms with Gasteiger partial charge in [0.2, 0.25) is 5.69 Å². The maximum atomic E-state index is 13.1. The number of nitro groups is 1. The van der Waals surface area contributed by atoms with Crippen molar-refractivity contribution in [3.05, 3.63) is 45.5 Å². The van der Waals surface area contributed by atoms with E-state index in [1.54, 1.807) is 0 Å². The molecule has 0 radical (unpaired) electrons. The van der Waals surface area contributed by atoms with E-state index in [2.05, 4.69) is 15.2 Å². The Bertz CT molecular complexity index is 807. The summed E-state index contributed by atoms with van der Waals surface area (Å²) in [6.45, 7) is -1.85. The average Bonchev–Trinajstić information content (AvgIpc) is 2.77. The molecule has 0 aliphatic heterocycles. The second kappa shape index (κ2) is 6.56. The fraction of sp³-hybridized carbons (Fsp3) is 0.231. The summed E-state index contributed by atoms with van der Waals surface area (Å²) in [4.78, 5) is 22.5. The van der Waals surface area contributed by atoms with Crippen LogP contribution >= 0.6 is 0 Å². The van der Waals surface area contributed by atoms with Crippen LogP contribution in [-0.4, -0.2) is 27.2 Å². The molecule has 0 saturated heterocycles. The number of halogens is 3. The lowest BCUT2D eigenvalue weighted by molar-refractivity contribution is -0.385. The van der Waals surface area contributed by atoms with Gasteiger partial charge in [0.05, 0.1) is 10.6 Å². The number of carbonyl (C=O) groups is 1. The summed E-state index contributed by atoms with van der Waals surface area (Å²) in [6, 6.07) is 2.55. The summed E-state index contributed by atoms with van der Waals surface area (Å²) in [5, 5.41) is 17.0. The molecule has 0 aliphatic carbocycles. The molecule has 2 rings (SSSR count). The molecule has 0 bridgehead atoms. The highest BCUT2D eigenvalue weighted by Crippen LogP contribution is 2.29. The second-order valence-corrected chi connectivity index (χ2v) is 4.64. The molecule has 0 unspecified atom stereocenters. The van der Waals surface area contributed by atoms with E-state index in [-0.39, 0.29) is 11.4 Å². The Morgan fingerprint density at radius 1 is 1.46 bits per heavy atom. The van der Waals surface area contributed by atoms with Crippen LogP contribution < -0.4 is 10.1 Å². The number of hydrogen-bond donors (Lipinski definition) is 1. The number of rotatable bonds is 5. The fourth-order valence-electron chi connectivity index (χ4n) is 1.94. The zero-order valence-electron chi connectivity index (χ0n) is 12.4. The van der Waals surface area contributed by atoms with Crippen molar-refractivity contribution < 1.29 is 27.6 Å². The van der Waals surface area contributed by atoms with Crippen LogP contribution in [0.3, 0.4) is 0 Å². The van der Waals surface area contributed by atoms with Gasteiger partial charge in [-0.2, -0.15) is 13.9 Å². The van der Waals surface area contributed by atoms with Gasteiger partial charge < -0.3 is 10.1 Å². The SMILES string of the molecule is Cc1c([N+](=O)[O-])c(C(=O)Nc2ccc(F)cc2OC(F)F)nn1C. The Morgan fingerprint density at radius 2 is 2.12 bits per heavy atom. The predicted molar refractivity (Wildman–Crippen MR) is 75.6 cm³/mol. The standard InChI is InChI=1S/C13H11F3N4O4/c1-6-11(20(22)23)10(18-19(6)2)12(21)17-8-4-3-7(14)5-9(8)24-13(15)16/h3-5,13H,1-2H3,(H,17,21). The molecule has 128 valence electrons. The average molecular weight is 344 g/mol. The molecule has 1 N–H and O–H groups in total. The van der Waals surface area contributed by atoms with E-state index in [0.717, 1.165) is 16.8 Å². The number of nitrogens with one attached hydrogen (secondary N) is 1. The summed E-state index contributed by atoms with van der Waals surface area (Å²) in [5.41, 5.74) is -1.17. The summed E-state index contributed by atoms with van der Waals surface area (Å²) in [6.07, 6.45) is 0. The number of aryl methyl sites for hydroxylation is 1. The summed E-state index contributed by atoms with van der Waals surface area (Å²) in [7, 11) is 1.41. The number of nitrogens with zero attached hydrogens (tertiary/aromatic N) is 3. The molecule has 1 heterocycles. The molecule has 2 aromatic rings. The number of amides is 1. The van der Waals surface area contributed by atoms with Crippen molar-refractivity contribution in [3.8, 4) is 5.75 Å². The number of benzene rings is 1. The third kappa shape index (κ3) is 3.45. The monoisotopic (exact) mass is 344 g/mol. The van der Waals surface area contributed by atoms with E-state index < -0.39 is 40.4 Å². The molecular weight excluding hydrogens is 333 g/mol. The first-order valence-corrected chi connectivity index (χ1v) is 6.44. The fourth-order valence-corrected chi connectivity index (χ4v) is 1.94. The van der Waals surface area contributed by atoms with Crippen LogP contribution in [0.25, 0.3) is 0 Å². The largest absolute Gasteiger partial charge is 0.432 e. The van der Waals surface area contributed by atoms with E-state index >= 15 is 0 Å². The van der Waals surface area contributed by atoms with Gasteiger partial charge in [-0.05, 0) is 19.1 Å². The highest BCUT2D eigenvalue weighted by Gasteiger charge is 2.29. The van der Waals surface area contributed by atoms with Gasteiger partial charge in [0.1, 0.15) is 11.5 Å². The Kier molecular flexibility index (Phi) is 4.71. The topological polar surface area (TPSA) is 99.3 Å². The van der Waals surface area contributed by atoms with Crippen LogP contribution in [0.5, 0.6) is 5.75 Å². The van der Waals surface area contributed by atoms with E-state index in [1.165, 1.54) is 14.0 Å². The maximum absolute atomic E-state index is 13.1. The van der Waals surface area contributed by atoms with Crippen molar-refractivity contribution in [3.63, 3.8) is 0 Å². The van der Waals surface area contributed by atoms with E-state index in [0.29, 0.717) is 6.07 Å². The van der Waals surface area contributed by atoms with Gasteiger partial charge in [0.15, 0.2) is 5.75 Å². The lowest BCUT2D eigenvalue weighted by atomic mass is 10.2. The number of anilines is 1. The molecule has 8 nitrogen and oxygen atoms in total. The predicted octanol–water partition coefficient (Wildman–Crippen LogP) is 2.63. The van der Waals surface area contributed by atoms with Gasteiger partial charge in [-0.1, -0.05) is 0 Å². The Balaban J connectivity index is 2.37. The van der Waals surface area contributed by atoms with Crippen molar-refractivity contribution in [2.45, 2.75) is 13.5 Å². The number of hydrogen-bond acceptors (Lipinski definition) is 5. The quantitative estimate of drug-likeness (QED) is 0.664. The molecule has 0 spiro atoms. The molecule has 24 heavy (non-hydrogen) atoms. The smallest absolute Gasteiger partial charge is 0.387 e. The number of carbonyl (C=O) groups excluding carboxylic acids is 1. The van der Waals surface area contributed by atoms with Crippen molar-refractivity contribution in [2.24, 2.45) is 7.05 Å². The zero-order chi connectivity index (χ0) is 18.0. The van der Waals surface area contributed by atoms with Gasteiger partial charge in [0.25, 0.3) is 5.91 Å². The minimum absolute atomic E-state index is 0.133.